The monoisotopic (exact) mass is 374 g/mol. The molecule has 0 atom stereocenters. The molecule has 1 heterocycles. The number of carboxylic acid groups (broad SMARTS) is 2. The molecule has 0 saturated heterocycles. The highest BCUT2D eigenvalue weighted by Crippen LogP contribution is 2.38. The zero-order valence-electron chi connectivity index (χ0n) is 14.5. The predicted octanol–water partition coefficient (Wildman–Crippen LogP) is 2.55. The molecule has 0 aliphatic carbocycles. The van der Waals surface area contributed by atoms with Crippen LogP contribution >= 0.6 is 0 Å². The zero-order valence-corrected chi connectivity index (χ0v) is 14.5. The molecule has 4 rings (SSSR count). The first-order chi connectivity index (χ1) is 13.3. The summed E-state index contributed by atoms with van der Waals surface area (Å²) in [5, 5.41) is 30.1. The molecule has 1 aliphatic heterocycles. The maximum Gasteiger partial charge on any atom is 0.336 e. The van der Waals surface area contributed by atoms with Crippen LogP contribution in [-0.2, 0) is 0 Å². The molecule has 6 nitrogen and oxygen atoms in total. The fourth-order valence-electron chi connectivity index (χ4n) is 3.29. The van der Waals surface area contributed by atoms with E-state index in [4.69, 9.17) is 4.74 Å². The Bertz CT molecular complexity index is 1270. The molecule has 6 heteroatoms. The molecule has 3 N–H and O–H groups in total. The van der Waals surface area contributed by atoms with Gasteiger partial charge in [0.1, 0.15) is 17.2 Å². The molecular weight excluding hydrogens is 360 g/mol. The van der Waals surface area contributed by atoms with Gasteiger partial charge < -0.3 is 20.1 Å². The van der Waals surface area contributed by atoms with Gasteiger partial charge >= 0.3 is 11.9 Å². The summed E-state index contributed by atoms with van der Waals surface area (Å²) in [6, 6.07) is 13.8. The molecular formula is C22H14O6. The van der Waals surface area contributed by atoms with Crippen molar-refractivity contribution in [3.8, 4) is 17.2 Å². The zero-order chi connectivity index (χ0) is 20.0. The number of phenols is 1. The normalized spacial score (nSPS) is 11.9. The van der Waals surface area contributed by atoms with E-state index in [1.807, 2.05) is 0 Å². The van der Waals surface area contributed by atoms with Gasteiger partial charge in [0.15, 0.2) is 0 Å². The minimum atomic E-state index is -1.24. The highest BCUT2D eigenvalue weighted by Gasteiger charge is 2.24. The van der Waals surface area contributed by atoms with E-state index < -0.39 is 11.9 Å². The predicted molar refractivity (Wildman–Crippen MR) is 101 cm³/mol. The smallest absolute Gasteiger partial charge is 0.336 e. The fourth-order valence-corrected chi connectivity index (χ4v) is 3.29. The van der Waals surface area contributed by atoms with Crippen LogP contribution in [0, 0.1) is 0 Å². The Kier molecular flexibility index (Phi) is 3.89. The van der Waals surface area contributed by atoms with Crippen LogP contribution in [0.1, 0.15) is 31.8 Å². The quantitative estimate of drug-likeness (QED) is 0.509. The molecule has 3 aromatic carbocycles. The standard InChI is InChI=1S/C22H14O6/c1-11-2-5-15-18(8-11)28-19-10-13(23)4-7-16(19)20(15)14-6-3-12(21(24)25)9-17(14)22(26)27/h2-10,23H,1H2,(H,24,25)(H,26,27). The molecule has 28 heavy (non-hydrogen) atoms. The van der Waals surface area contributed by atoms with Gasteiger partial charge in [-0.05, 0) is 41.1 Å². The summed E-state index contributed by atoms with van der Waals surface area (Å²) < 4.78 is 5.89. The van der Waals surface area contributed by atoms with Gasteiger partial charge in [-0.2, -0.15) is 0 Å². The second-order valence-corrected chi connectivity index (χ2v) is 6.36. The number of rotatable bonds is 3. The molecule has 3 aromatic rings. The number of aromatic hydroxyl groups is 1. The molecule has 0 bridgehead atoms. The lowest BCUT2D eigenvalue weighted by atomic mass is 9.89. The van der Waals surface area contributed by atoms with Crippen molar-refractivity contribution in [1.29, 1.82) is 0 Å². The van der Waals surface area contributed by atoms with Gasteiger partial charge in [0.05, 0.1) is 11.1 Å². The van der Waals surface area contributed by atoms with Crippen LogP contribution in [0.5, 0.6) is 17.2 Å². The fraction of sp³-hybridized carbons (Fsp3) is 0. The summed E-state index contributed by atoms with van der Waals surface area (Å²) in [5.74, 6) is -1.61. The molecule has 0 radical (unpaired) electrons. The summed E-state index contributed by atoms with van der Waals surface area (Å²) in [6.07, 6.45) is 0. The second kappa shape index (κ2) is 6.28. The van der Waals surface area contributed by atoms with Gasteiger partial charge in [0.25, 0.3) is 0 Å². The van der Waals surface area contributed by atoms with E-state index in [2.05, 4.69) is 6.58 Å². The summed E-state index contributed by atoms with van der Waals surface area (Å²) >= 11 is 0. The van der Waals surface area contributed by atoms with Gasteiger partial charge in [-0.25, -0.2) is 9.59 Å². The van der Waals surface area contributed by atoms with Crippen LogP contribution < -0.4 is 15.2 Å². The molecule has 0 amide bonds. The molecule has 0 saturated carbocycles. The van der Waals surface area contributed by atoms with Crippen LogP contribution in [-0.4, -0.2) is 27.3 Å². The number of carboxylic acids is 2. The van der Waals surface area contributed by atoms with Crippen molar-refractivity contribution in [3.05, 3.63) is 87.3 Å². The number of aromatic carboxylic acids is 2. The van der Waals surface area contributed by atoms with Gasteiger partial charge in [-0.15, -0.1) is 0 Å². The van der Waals surface area contributed by atoms with Gasteiger partial charge in [-0.3, -0.25) is 0 Å². The van der Waals surface area contributed by atoms with Gasteiger partial charge in [0, 0.05) is 22.4 Å². The number of fused-ring (bicyclic) bond motifs is 2. The second-order valence-electron chi connectivity index (χ2n) is 6.36. The van der Waals surface area contributed by atoms with Crippen molar-refractivity contribution >= 4 is 24.1 Å². The van der Waals surface area contributed by atoms with Crippen molar-refractivity contribution in [3.63, 3.8) is 0 Å². The maximum absolute atomic E-state index is 11.9. The Labute approximate surface area is 158 Å². The number of hydrogen-bond acceptors (Lipinski definition) is 4. The van der Waals surface area contributed by atoms with Crippen molar-refractivity contribution in [2.45, 2.75) is 0 Å². The van der Waals surface area contributed by atoms with Crippen LogP contribution in [0.3, 0.4) is 0 Å². The van der Waals surface area contributed by atoms with Gasteiger partial charge in [-0.1, -0.05) is 24.8 Å². The SMILES string of the molecule is C=c1ccc2c(c1)Oc1cc(O)ccc1C=2c1ccc(C(=O)O)cc1C(=O)O. The van der Waals surface area contributed by atoms with Crippen LogP contribution in [0.4, 0.5) is 0 Å². The number of hydrogen-bond donors (Lipinski definition) is 3. The maximum atomic E-state index is 11.9. The van der Waals surface area contributed by atoms with E-state index in [0.717, 1.165) is 6.07 Å². The van der Waals surface area contributed by atoms with Crippen LogP contribution in [0.15, 0.2) is 54.6 Å². The summed E-state index contributed by atoms with van der Waals surface area (Å²) in [5.41, 5.74) is 1.26. The molecule has 1 aliphatic rings. The first kappa shape index (κ1) is 17.4. The lowest BCUT2D eigenvalue weighted by Gasteiger charge is -2.22. The molecule has 0 unspecified atom stereocenters. The third kappa shape index (κ3) is 2.77. The van der Waals surface area contributed by atoms with E-state index in [9.17, 15) is 24.9 Å². The van der Waals surface area contributed by atoms with E-state index in [1.54, 1.807) is 24.3 Å². The molecule has 0 aromatic heterocycles. The van der Waals surface area contributed by atoms with Crippen molar-refractivity contribution in [2.24, 2.45) is 0 Å². The number of carbonyl (C=O) groups is 2. The first-order valence-corrected chi connectivity index (χ1v) is 8.30. The van der Waals surface area contributed by atoms with E-state index in [0.29, 0.717) is 38.6 Å². The number of phenolic OH excluding ortho intramolecular Hbond substituents is 1. The lowest BCUT2D eigenvalue weighted by molar-refractivity contribution is 0.0695. The summed E-state index contributed by atoms with van der Waals surface area (Å²) in [4.78, 5) is 23.2. The third-order valence-electron chi connectivity index (χ3n) is 4.54. The molecule has 0 fully saturated rings. The van der Waals surface area contributed by atoms with Crippen LogP contribution in [0.25, 0.3) is 12.2 Å². The Morgan fingerprint density at radius 3 is 2.29 bits per heavy atom. The van der Waals surface area contributed by atoms with Crippen LogP contribution in [0.2, 0.25) is 0 Å². The van der Waals surface area contributed by atoms with Gasteiger partial charge in [0.2, 0.25) is 0 Å². The number of ether oxygens (including phenoxy) is 1. The average molecular weight is 374 g/mol. The van der Waals surface area contributed by atoms with Crippen molar-refractivity contribution < 1.29 is 29.6 Å². The van der Waals surface area contributed by atoms with E-state index in [1.165, 1.54) is 24.3 Å². The Morgan fingerprint density at radius 2 is 1.57 bits per heavy atom. The average Bonchev–Trinajstić information content (AvgIpc) is 2.65. The minimum Gasteiger partial charge on any atom is -0.508 e. The highest BCUT2D eigenvalue weighted by atomic mass is 16.5. The first-order valence-electron chi connectivity index (χ1n) is 8.30. The topological polar surface area (TPSA) is 104 Å². The molecule has 138 valence electrons. The Balaban J connectivity index is 2.13. The third-order valence-corrected chi connectivity index (χ3v) is 4.54. The summed E-state index contributed by atoms with van der Waals surface area (Å²) in [6.45, 7) is 3.88. The van der Waals surface area contributed by atoms with E-state index >= 15 is 0 Å². The lowest BCUT2D eigenvalue weighted by Crippen LogP contribution is -2.20. The largest absolute Gasteiger partial charge is 0.508 e. The Hall–Kier alpha value is -4.06. The summed E-state index contributed by atoms with van der Waals surface area (Å²) in [7, 11) is 0. The minimum absolute atomic E-state index is 0.00649. The van der Waals surface area contributed by atoms with E-state index in [-0.39, 0.29) is 16.9 Å². The molecule has 0 spiro atoms. The Morgan fingerprint density at radius 1 is 0.821 bits per heavy atom. The van der Waals surface area contributed by atoms with Crippen molar-refractivity contribution in [2.75, 3.05) is 0 Å². The van der Waals surface area contributed by atoms with Crippen molar-refractivity contribution in [1.82, 2.24) is 0 Å². The number of benzene rings is 3. The highest BCUT2D eigenvalue weighted by molar-refractivity contribution is 6.01.